The van der Waals surface area contributed by atoms with Gasteiger partial charge in [-0.25, -0.2) is 0 Å². The van der Waals surface area contributed by atoms with E-state index < -0.39 is 0 Å². The van der Waals surface area contributed by atoms with Crippen molar-refractivity contribution in [3.63, 3.8) is 0 Å². The molecule has 2 rings (SSSR count). The van der Waals surface area contributed by atoms with Crippen molar-refractivity contribution < 1.29 is 9.59 Å². The summed E-state index contributed by atoms with van der Waals surface area (Å²) >= 11 is 0. The summed E-state index contributed by atoms with van der Waals surface area (Å²) in [5.41, 5.74) is 0. The predicted molar refractivity (Wildman–Crippen MR) is 69.1 cm³/mol. The molecule has 2 aliphatic heterocycles. The molecule has 0 aromatic rings. The minimum Gasteiger partial charge on any atom is -0.332 e. The Morgan fingerprint density at radius 3 is 2.22 bits per heavy atom. The van der Waals surface area contributed by atoms with E-state index in [4.69, 9.17) is 0 Å². The maximum Gasteiger partial charge on any atom is 0.312 e. The van der Waals surface area contributed by atoms with Crippen LogP contribution in [-0.2, 0) is 9.59 Å². The first-order valence-corrected chi connectivity index (χ1v) is 6.88. The molecule has 1 atom stereocenters. The SMILES string of the molecule is CC1CCCCN1C(=O)C(=O)N1CCN(C)CC1. The summed E-state index contributed by atoms with van der Waals surface area (Å²) in [5, 5.41) is 0. The Morgan fingerprint density at radius 2 is 1.61 bits per heavy atom. The van der Waals surface area contributed by atoms with Crippen LogP contribution in [0, 0.1) is 0 Å². The molecule has 2 fully saturated rings. The fourth-order valence-electron chi connectivity index (χ4n) is 2.67. The van der Waals surface area contributed by atoms with Gasteiger partial charge in [0.2, 0.25) is 0 Å². The zero-order valence-corrected chi connectivity index (χ0v) is 11.4. The number of hydrogen-bond donors (Lipinski definition) is 0. The maximum atomic E-state index is 12.2. The van der Waals surface area contributed by atoms with Crippen LogP contribution in [0.3, 0.4) is 0 Å². The number of piperidine rings is 1. The van der Waals surface area contributed by atoms with E-state index in [1.807, 2.05) is 14.0 Å². The zero-order valence-electron chi connectivity index (χ0n) is 11.4. The third-order valence-electron chi connectivity index (χ3n) is 4.04. The van der Waals surface area contributed by atoms with Crippen LogP contribution >= 0.6 is 0 Å². The van der Waals surface area contributed by atoms with E-state index >= 15 is 0 Å². The van der Waals surface area contributed by atoms with Gasteiger partial charge in [0.25, 0.3) is 0 Å². The molecule has 2 saturated heterocycles. The van der Waals surface area contributed by atoms with Gasteiger partial charge in [0.1, 0.15) is 0 Å². The lowest BCUT2D eigenvalue weighted by molar-refractivity contribution is -0.154. The number of nitrogens with zero attached hydrogens (tertiary/aromatic N) is 3. The van der Waals surface area contributed by atoms with Crippen LogP contribution in [0.25, 0.3) is 0 Å². The Bertz CT molecular complexity index is 324. The molecule has 0 aromatic carbocycles. The Balaban J connectivity index is 1.93. The lowest BCUT2D eigenvalue weighted by Crippen LogP contribution is -2.54. The van der Waals surface area contributed by atoms with Gasteiger partial charge in [0, 0.05) is 38.8 Å². The van der Waals surface area contributed by atoms with Crippen LogP contribution in [0.1, 0.15) is 26.2 Å². The van der Waals surface area contributed by atoms with Crippen molar-refractivity contribution in [2.24, 2.45) is 0 Å². The van der Waals surface area contributed by atoms with E-state index in [1.54, 1.807) is 9.80 Å². The molecular weight excluding hydrogens is 230 g/mol. The second-order valence-electron chi connectivity index (χ2n) is 5.44. The standard InChI is InChI=1S/C13H23N3O2/c1-11-5-3-4-6-16(11)13(18)12(17)15-9-7-14(2)8-10-15/h11H,3-10H2,1-2H3. The highest BCUT2D eigenvalue weighted by Crippen LogP contribution is 2.17. The monoisotopic (exact) mass is 253 g/mol. The topological polar surface area (TPSA) is 43.9 Å². The second kappa shape index (κ2) is 5.69. The maximum absolute atomic E-state index is 12.2. The number of carbonyl (C=O) groups excluding carboxylic acids is 2. The molecule has 5 heteroatoms. The summed E-state index contributed by atoms with van der Waals surface area (Å²) in [7, 11) is 2.04. The van der Waals surface area contributed by atoms with Gasteiger partial charge in [-0.2, -0.15) is 0 Å². The predicted octanol–water partition coefficient (Wildman–Crippen LogP) is 0.161. The van der Waals surface area contributed by atoms with E-state index in [2.05, 4.69) is 4.90 Å². The molecule has 0 spiro atoms. The minimum absolute atomic E-state index is 0.211. The van der Waals surface area contributed by atoms with Crippen molar-refractivity contribution in [1.29, 1.82) is 0 Å². The number of hydrogen-bond acceptors (Lipinski definition) is 3. The first kappa shape index (κ1) is 13.3. The molecule has 0 aromatic heterocycles. The number of rotatable bonds is 0. The van der Waals surface area contributed by atoms with Gasteiger partial charge in [0.05, 0.1) is 0 Å². The summed E-state index contributed by atoms with van der Waals surface area (Å²) in [6.07, 6.45) is 3.20. The van der Waals surface area contributed by atoms with Crippen LogP contribution in [0.2, 0.25) is 0 Å². The van der Waals surface area contributed by atoms with Crippen LogP contribution in [-0.4, -0.2) is 72.3 Å². The Labute approximate surface area is 109 Å². The first-order valence-electron chi connectivity index (χ1n) is 6.88. The van der Waals surface area contributed by atoms with E-state index in [9.17, 15) is 9.59 Å². The molecule has 2 aliphatic rings. The summed E-state index contributed by atoms with van der Waals surface area (Å²) in [6, 6.07) is 0.211. The molecule has 2 heterocycles. The fourth-order valence-corrected chi connectivity index (χ4v) is 2.67. The third kappa shape index (κ3) is 2.83. The van der Waals surface area contributed by atoms with Gasteiger partial charge >= 0.3 is 11.8 Å². The van der Waals surface area contributed by atoms with E-state index in [0.717, 1.165) is 38.9 Å². The minimum atomic E-state index is -0.308. The van der Waals surface area contributed by atoms with Crippen LogP contribution in [0.15, 0.2) is 0 Å². The summed E-state index contributed by atoms with van der Waals surface area (Å²) in [6.45, 7) is 5.82. The average molecular weight is 253 g/mol. The average Bonchev–Trinajstić information content (AvgIpc) is 2.38. The molecule has 0 bridgehead atoms. The van der Waals surface area contributed by atoms with Gasteiger partial charge in [-0.3, -0.25) is 9.59 Å². The number of piperazine rings is 1. The van der Waals surface area contributed by atoms with E-state index in [-0.39, 0.29) is 17.9 Å². The molecule has 18 heavy (non-hydrogen) atoms. The summed E-state index contributed by atoms with van der Waals surface area (Å²) in [4.78, 5) is 30.0. The highest BCUT2D eigenvalue weighted by atomic mass is 16.2. The van der Waals surface area contributed by atoms with Crippen LogP contribution < -0.4 is 0 Å². The van der Waals surface area contributed by atoms with Crippen molar-refractivity contribution in [3.8, 4) is 0 Å². The molecule has 5 nitrogen and oxygen atoms in total. The molecule has 0 radical (unpaired) electrons. The van der Waals surface area contributed by atoms with Gasteiger partial charge in [0.15, 0.2) is 0 Å². The molecule has 1 unspecified atom stereocenters. The summed E-state index contributed by atoms with van der Waals surface area (Å²) < 4.78 is 0. The van der Waals surface area contributed by atoms with Crippen molar-refractivity contribution in [3.05, 3.63) is 0 Å². The Hall–Kier alpha value is -1.10. The van der Waals surface area contributed by atoms with Crippen molar-refractivity contribution >= 4 is 11.8 Å². The smallest absolute Gasteiger partial charge is 0.312 e. The van der Waals surface area contributed by atoms with Gasteiger partial charge in [-0.1, -0.05) is 0 Å². The highest BCUT2D eigenvalue weighted by Gasteiger charge is 2.32. The lowest BCUT2D eigenvalue weighted by Gasteiger charge is -2.36. The molecule has 0 saturated carbocycles. The second-order valence-corrected chi connectivity index (χ2v) is 5.44. The lowest BCUT2D eigenvalue weighted by atomic mass is 10.0. The molecule has 2 amide bonds. The first-order chi connectivity index (χ1) is 8.59. The number of amides is 2. The van der Waals surface area contributed by atoms with Crippen molar-refractivity contribution in [2.45, 2.75) is 32.2 Å². The van der Waals surface area contributed by atoms with E-state index in [1.165, 1.54) is 0 Å². The highest BCUT2D eigenvalue weighted by molar-refractivity contribution is 6.35. The van der Waals surface area contributed by atoms with Gasteiger partial charge < -0.3 is 14.7 Å². The van der Waals surface area contributed by atoms with Gasteiger partial charge in [-0.15, -0.1) is 0 Å². The normalized spacial score (nSPS) is 26.2. The van der Waals surface area contributed by atoms with Gasteiger partial charge in [-0.05, 0) is 33.2 Å². The molecule has 0 N–H and O–H groups in total. The quantitative estimate of drug-likeness (QED) is 0.578. The Kier molecular flexibility index (Phi) is 4.22. The fraction of sp³-hybridized carbons (Fsp3) is 0.846. The number of likely N-dealkylation sites (N-methyl/N-ethyl adjacent to an activating group) is 1. The number of carbonyl (C=O) groups is 2. The Morgan fingerprint density at radius 1 is 0.944 bits per heavy atom. The van der Waals surface area contributed by atoms with Crippen LogP contribution in [0.4, 0.5) is 0 Å². The van der Waals surface area contributed by atoms with Crippen molar-refractivity contribution in [1.82, 2.24) is 14.7 Å². The van der Waals surface area contributed by atoms with Crippen LogP contribution in [0.5, 0.6) is 0 Å². The van der Waals surface area contributed by atoms with E-state index in [0.29, 0.717) is 13.1 Å². The third-order valence-corrected chi connectivity index (χ3v) is 4.04. The number of likely N-dealkylation sites (tertiary alicyclic amines) is 1. The molecule has 102 valence electrons. The molecular formula is C13H23N3O2. The zero-order chi connectivity index (χ0) is 13.1. The largest absolute Gasteiger partial charge is 0.332 e. The van der Waals surface area contributed by atoms with Crippen molar-refractivity contribution in [2.75, 3.05) is 39.8 Å². The summed E-state index contributed by atoms with van der Waals surface area (Å²) in [5.74, 6) is -0.608. The molecule has 0 aliphatic carbocycles.